The molecule has 6 heteroatoms. The van der Waals surface area contributed by atoms with Gasteiger partial charge in [0.2, 0.25) is 5.82 Å². The monoisotopic (exact) mass is 272 g/mol. The van der Waals surface area contributed by atoms with Crippen LogP contribution in [0.4, 0.5) is 0 Å². The molecule has 20 heavy (non-hydrogen) atoms. The molecule has 104 valence electrons. The number of carbonyl (C=O) groups is 1. The van der Waals surface area contributed by atoms with E-state index >= 15 is 0 Å². The van der Waals surface area contributed by atoms with Crippen LogP contribution in [0.1, 0.15) is 23.5 Å². The zero-order chi connectivity index (χ0) is 13.9. The van der Waals surface area contributed by atoms with Gasteiger partial charge in [0.15, 0.2) is 0 Å². The van der Waals surface area contributed by atoms with Gasteiger partial charge in [-0.05, 0) is 25.0 Å². The maximum Gasteiger partial charge on any atom is 0.293 e. The summed E-state index contributed by atoms with van der Waals surface area (Å²) in [7, 11) is 0. The normalized spacial score (nSPS) is 18.4. The average molecular weight is 272 g/mol. The molecular weight excluding hydrogens is 256 g/mol. The lowest BCUT2D eigenvalue weighted by Crippen LogP contribution is -2.38. The van der Waals surface area contributed by atoms with E-state index < -0.39 is 0 Å². The molecule has 1 aromatic carbocycles. The third-order valence-corrected chi connectivity index (χ3v) is 3.55. The standard InChI is InChI=1S/C14H16N4O2/c19-9-12-7-4-8-17(12)14(20)13-15-10-18(16-13)11-5-2-1-3-6-11/h1-3,5-6,10,12,19H,4,7-9H2/t12-/m0/s1. The summed E-state index contributed by atoms with van der Waals surface area (Å²) < 4.78 is 1.58. The fourth-order valence-electron chi connectivity index (χ4n) is 2.49. The molecule has 2 heterocycles. The van der Waals surface area contributed by atoms with Crippen molar-refractivity contribution >= 4 is 5.91 Å². The molecule has 0 unspecified atom stereocenters. The van der Waals surface area contributed by atoms with Gasteiger partial charge in [0.1, 0.15) is 6.33 Å². The van der Waals surface area contributed by atoms with E-state index in [2.05, 4.69) is 10.1 Å². The van der Waals surface area contributed by atoms with Crippen LogP contribution in [0.5, 0.6) is 0 Å². The summed E-state index contributed by atoms with van der Waals surface area (Å²) in [5.41, 5.74) is 0.860. The van der Waals surface area contributed by atoms with E-state index in [0.717, 1.165) is 18.5 Å². The number of para-hydroxylation sites is 1. The highest BCUT2D eigenvalue weighted by Gasteiger charge is 2.30. The van der Waals surface area contributed by atoms with Crippen molar-refractivity contribution < 1.29 is 9.90 Å². The minimum atomic E-state index is -0.212. The molecule has 0 spiro atoms. The van der Waals surface area contributed by atoms with Crippen molar-refractivity contribution in [2.45, 2.75) is 18.9 Å². The zero-order valence-corrected chi connectivity index (χ0v) is 11.0. The zero-order valence-electron chi connectivity index (χ0n) is 11.0. The van der Waals surface area contributed by atoms with Crippen molar-refractivity contribution in [1.29, 1.82) is 0 Å². The molecule has 2 aromatic rings. The summed E-state index contributed by atoms with van der Waals surface area (Å²) in [5.74, 6) is -0.0366. The number of aliphatic hydroxyl groups excluding tert-OH is 1. The predicted molar refractivity (Wildman–Crippen MR) is 72.5 cm³/mol. The average Bonchev–Trinajstić information content (AvgIpc) is 3.16. The maximum absolute atomic E-state index is 12.3. The minimum absolute atomic E-state index is 0.00880. The number of hydrogen-bond donors (Lipinski definition) is 1. The lowest BCUT2D eigenvalue weighted by molar-refractivity contribution is 0.0665. The van der Waals surface area contributed by atoms with Gasteiger partial charge in [0.25, 0.3) is 5.91 Å². The molecule has 1 atom stereocenters. The first kappa shape index (κ1) is 12.8. The smallest absolute Gasteiger partial charge is 0.293 e. The number of benzene rings is 1. The summed E-state index contributed by atoms with van der Waals surface area (Å²) in [6.45, 7) is 0.648. The van der Waals surface area contributed by atoms with E-state index in [0.29, 0.717) is 6.54 Å². The Hall–Kier alpha value is -2.21. The Morgan fingerprint density at radius 1 is 1.35 bits per heavy atom. The fraction of sp³-hybridized carbons (Fsp3) is 0.357. The van der Waals surface area contributed by atoms with Crippen LogP contribution in [-0.4, -0.2) is 49.9 Å². The molecule has 1 aliphatic rings. The quantitative estimate of drug-likeness (QED) is 0.899. The number of amides is 1. The second kappa shape index (κ2) is 5.42. The van der Waals surface area contributed by atoms with Crippen molar-refractivity contribution in [2.24, 2.45) is 0 Å². The van der Waals surface area contributed by atoms with Gasteiger partial charge in [-0.3, -0.25) is 4.79 Å². The van der Waals surface area contributed by atoms with Gasteiger partial charge in [0.05, 0.1) is 18.3 Å². The molecule has 1 N–H and O–H groups in total. The second-order valence-corrected chi connectivity index (χ2v) is 4.83. The molecule has 3 rings (SSSR count). The summed E-state index contributed by atoms with van der Waals surface area (Å²) in [6.07, 6.45) is 3.28. The Bertz CT molecular complexity index is 596. The van der Waals surface area contributed by atoms with Gasteiger partial charge in [-0.25, -0.2) is 9.67 Å². The van der Waals surface area contributed by atoms with Crippen molar-refractivity contribution in [3.63, 3.8) is 0 Å². The maximum atomic E-state index is 12.3. The fourth-order valence-corrected chi connectivity index (χ4v) is 2.49. The van der Waals surface area contributed by atoms with Crippen molar-refractivity contribution in [2.75, 3.05) is 13.2 Å². The minimum Gasteiger partial charge on any atom is -0.394 e. The molecule has 1 aromatic heterocycles. The van der Waals surface area contributed by atoms with Gasteiger partial charge >= 0.3 is 0 Å². The van der Waals surface area contributed by atoms with E-state index in [-0.39, 0.29) is 24.4 Å². The number of aromatic nitrogens is 3. The Morgan fingerprint density at radius 3 is 2.90 bits per heavy atom. The Kier molecular flexibility index (Phi) is 3.47. The molecule has 1 amide bonds. The van der Waals surface area contributed by atoms with Crippen LogP contribution >= 0.6 is 0 Å². The molecule has 0 bridgehead atoms. The van der Waals surface area contributed by atoms with E-state index in [1.54, 1.807) is 9.58 Å². The van der Waals surface area contributed by atoms with Crippen molar-refractivity contribution in [1.82, 2.24) is 19.7 Å². The topological polar surface area (TPSA) is 71.2 Å². The molecule has 1 fully saturated rings. The van der Waals surface area contributed by atoms with Crippen molar-refractivity contribution in [3.8, 4) is 5.69 Å². The first-order valence-corrected chi connectivity index (χ1v) is 6.68. The van der Waals surface area contributed by atoms with Crippen LogP contribution < -0.4 is 0 Å². The molecule has 1 aliphatic heterocycles. The SMILES string of the molecule is O=C(c1ncn(-c2ccccc2)n1)N1CCC[C@H]1CO. The van der Waals surface area contributed by atoms with E-state index in [1.165, 1.54) is 6.33 Å². The summed E-state index contributed by atoms with van der Waals surface area (Å²) in [6, 6.07) is 9.42. The molecule has 1 saturated heterocycles. The molecule has 0 saturated carbocycles. The van der Waals surface area contributed by atoms with Crippen LogP contribution in [-0.2, 0) is 0 Å². The van der Waals surface area contributed by atoms with Crippen LogP contribution in [0.25, 0.3) is 5.69 Å². The summed E-state index contributed by atoms with van der Waals surface area (Å²) in [5, 5.41) is 13.5. The van der Waals surface area contributed by atoms with Gasteiger partial charge in [-0.2, -0.15) is 0 Å². The van der Waals surface area contributed by atoms with Gasteiger partial charge < -0.3 is 10.0 Å². The summed E-state index contributed by atoms with van der Waals surface area (Å²) in [4.78, 5) is 18.1. The van der Waals surface area contributed by atoms with Crippen LogP contribution in [0.15, 0.2) is 36.7 Å². The highest BCUT2D eigenvalue weighted by atomic mass is 16.3. The lowest BCUT2D eigenvalue weighted by atomic mass is 10.2. The van der Waals surface area contributed by atoms with Crippen molar-refractivity contribution in [3.05, 3.63) is 42.5 Å². The summed E-state index contributed by atoms with van der Waals surface area (Å²) >= 11 is 0. The molecule has 0 aliphatic carbocycles. The Labute approximate surface area is 116 Å². The Balaban J connectivity index is 1.82. The first-order chi connectivity index (χ1) is 9.79. The second-order valence-electron chi connectivity index (χ2n) is 4.83. The third kappa shape index (κ3) is 2.30. The largest absolute Gasteiger partial charge is 0.394 e. The Morgan fingerprint density at radius 2 is 2.15 bits per heavy atom. The highest BCUT2D eigenvalue weighted by molar-refractivity contribution is 5.90. The number of rotatable bonds is 3. The number of carbonyl (C=O) groups excluding carboxylic acids is 1. The van der Waals surface area contributed by atoms with E-state index in [4.69, 9.17) is 0 Å². The van der Waals surface area contributed by atoms with Gasteiger partial charge in [-0.1, -0.05) is 18.2 Å². The van der Waals surface area contributed by atoms with Gasteiger partial charge in [-0.15, -0.1) is 5.10 Å². The number of aliphatic hydroxyl groups is 1. The lowest BCUT2D eigenvalue weighted by Gasteiger charge is -2.21. The molecular formula is C14H16N4O2. The third-order valence-electron chi connectivity index (χ3n) is 3.55. The molecule has 0 radical (unpaired) electrons. The number of likely N-dealkylation sites (tertiary alicyclic amines) is 1. The highest BCUT2D eigenvalue weighted by Crippen LogP contribution is 2.18. The van der Waals surface area contributed by atoms with Crippen LogP contribution in [0.2, 0.25) is 0 Å². The van der Waals surface area contributed by atoms with Crippen LogP contribution in [0, 0.1) is 0 Å². The molecule has 6 nitrogen and oxygen atoms in total. The van der Waals surface area contributed by atoms with E-state index in [9.17, 15) is 9.90 Å². The van der Waals surface area contributed by atoms with Gasteiger partial charge in [0, 0.05) is 6.54 Å². The number of hydrogen-bond acceptors (Lipinski definition) is 4. The van der Waals surface area contributed by atoms with Crippen LogP contribution in [0.3, 0.4) is 0 Å². The number of nitrogens with zero attached hydrogens (tertiary/aromatic N) is 4. The first-order valence-electron chi connectivity index (χ1n) is 6.68. The predicted octanol–water partition coefficient (Wildman–Crippen LogP) is 0.864. The van der Waals surface area contributed by atoms with E-state index in [1.807, 2.05) is 30.3 Å².